The first-order chi connectivity index (χ1) is 6.79. The van der Waals surface area contributed by atoms with E-state index in [1.54, 1.807) is 6.08 Å². The van der Waals surface area contributed by atoms with E-state index < -0.39 is 0 Å². The number of allylic oxidation sites excluding steroid dienone is 2. The van der Waals surface area contributed by atoms with Gasteiger partial charge in [0.1, 0.15) is 0 Å². The summed E-state index contributed by atoms with van der Waals surface area (Å²) in [5.41, 5.74) is 6.11. The molecular formula is C12H13NO. The van der Waals surface area contributed by atoms with Gasteiger partial charge >= 0.3 is 0 Å². The third-order valence-electron chi connectivity index (χ3n) is 1.65. The first-order valence-electron chi connectivity index (χ1n) is 4.45. The number of hydrogen-bond acceptors (Lipinski definition) is 1. The molecule has 0 atom stereocenters. The molecule has 2 nitrogen and oxygen atoms in total. The zero-order valence-corrected chi connectivity index (χ0v) is 7.89. The number of rotatable bonds is 4. The van der Waals surface area contributed by atoms with Gasteiger partial charge in [-0.05, 0) is 5.56 Å². The first kappa shape index (κ1) is 10.3. The van der Waals surface area contributed by atoms with Gasteiger partial charge in [-0.1, -0.05) is 54.6 Å². The van der Waals surface area contributed by atoms with E-state index in [9.17, 15) is 4.79 Å². The number of primary amides is 1. The van der Waals surface area contributed by atoms with Crippen LogP contribution in [0.1, 0.15) is 12.0 Å². The van der Waals surface area contributed by atoms with Crippen molar-refractivity contribution in [3.05, 3.63) is 54.1 Å². The molecule has 0 unspecified atom stereocenters. The molecule has 14 heavy (non-hydrogen) atoms. The minimum atomic E-state index is -0.311. The molecule has 0 aliphatic carbocycles. The van der Waals surface area contributed by atoms with Crippen LogP contribution in [0.25, 0.3) is 6.08 Å². The van der Waals surface area contributed by atoms with Crippen molar-refractivity contribution < 1.29 is 4.79 Å². The predicted octanol–water partition coefficient (Wildman–Crippen LogP) is 2.13. The molecule has 0 saturated carbocycles. The molecular weight excluding hydrogens is 174 g/mol. The van der Waals surface area contributed by atoms with Gasteiger partial charge in [0.2, 0.25) is 5.91 Å². The Hall–Kier alpha value is -1.83. The third-order valence-corrected chi connectivity index (χ3v) is 1.65. The average molecular weight is 187 g/mol. The number of nitrogens with two attached hydrogens (primary N) is 1. The lowest BCUT2D eigenvalue weighted by Crippen LogP contribution is -2.07. The Balaban J connectivity index is 2.42. The summed E-state index contributed by atoms with van der Waals surface area (Å²) in [6, 6.07) is 9.96. The standard InChI is InChI=1S/C12H13NO/c13-12(14)10-6-2-5-9-11-7-3-1-4-8-11/h1-9H,10H2,(H2,13,14)/b6-2+,9-5+. The van der Waals surface area contributed by atoms with Crippen molar-refractivity contribution in [3.8, 4) is 0 Å². The van der Waals surface area contributed by atoms with Gasteiger partial charge in [0.05, 0.1) is 0 Å². The van der Waals surface area contributed by atoms with E-state index in [-0.39, 0.29) is 5.91 Å². The highest BCUT2D eigenvalue weighted by Crippen LogP contribution is 2.00. The molecule has 2 heteroatoms. The maximum atomic E-state index is 10.4. The van der Waals surface area contributed by atoms with Gasteiger partial charge in [-0.3, -0.25) is 4.79 Å². The second-order valence-electron chi connectivity index (χ2n) is 2.87. The molecule has 0 aliphatic heterocycles. The van der Waals surface area contributed by atoms with Gasteiger partial charge in [-0.15, -0.1) is 0 Å². The van der Waals surface area contributed by atoms with Crippen molar-refractivity contribution in [1.82, 2.24) is 0 Å². The van der Waals surface area contributed by atoms with Crippen LogP contribution in [0, 0.1) is 0 Å². The Kier molecular flexibility index (Phi) is 4.21. The number of carbonyl (C=O) groups excluding carboxylic acids is 1. The zero-order valence-electron chi connectivity index (χ0n) is 7.89. The SMILES string of the molecule is NC(=O)C/C=C/C=C/c1ccccc1. The largest absolute Gasteiger partial charge is 0.369 e. The first-order valence-corrected chi connectivity index (χ1v) is 4.45. The fourth-order valence-corrected chi connectivity index (χ4v) is 0.994. The molecule has 0 aromatic heterocycles. The quantitative estimate of drug-likeness (QED) is 0.721. The molecule has 1 rings (SSSR count). The Bertz CT molecular complexity index is 339. The monoisotopic (exact) mass is 187 g/mol. The van der Waals surface area contributed by atoms with Crippen molar-refractivity contribution in [2.24, 2.45) is 5.73 Å². The smallest absolute Gasteiger partial charge is 0.221 e. The van der Waals surface area contributed by atoms with Crippen LogP contribution in [0.5, 0.6) is 0 Å². The van der Waals surface area contributed by atoms with Crippen molar-refractivity contribution in [2.45, 2.75) is 6.42 Å². The van der Waals surface area contributed by atoms with Gasteiger partial charge in [0.15, 0.2) is 0 Å². The van der Waals surface area contributed by atoms with Crippen LogP contribution in [-0.2, 0) is 4.79 Å². The van der Waals surface area contributed by atoms with Gasteiger partial charge in [0, 0.05) is 6.42 Å². The minimum absolute atomic E-state index is 0.291. The summed E-state index contributed by atoms with van der Waals surface area (Å²) >= 11 is 0. The molecule has 72 valence electrons. The van der Waals surface area contributed by atoms with Gasteiger partial charge in [-0.25, -0.2) is 0 Å². The maximum Gasteiger partial charge on any atom is 0.221 e. The van der Waals surface area contributed by atoms with Crippen LogP contribution in [0.4, 0.5) is 0 Å². The fraction of sp³-hybridized carbons (Fsp3) is 0.0833. The Morgan fingerprint density at radius 3 is 2.57 bits per heavy atom. The highest BCUT2D eigenvalue weighted by atomic mass is 16.1. The number of benzene rings is 1. The lowest BCUT2D eigenvalue weighted by molar-refractivity contribution is -0.117. The molecule has 0 radical (unpaired) electrons. The molecule has 1 aromatic rings. The molecule has 1 amide bonds. The summed E-state index contributed by atoms with van der Waals surface area (Å²) in [4.78, 5) is 10.4. The predicted molar refractivity (Wildman–Crippen MR) is 58.4 cm³/mol. The highest BCUT2D eigenvalue weighted by Gasteiger charge is 1.84. The van der Waals surface area contributed by atoms with Crippen LogP contribution in [0.2, 0.25) is 0 Å². The molecule has 0 aliphatic rings. The van der Waals surface area contributed by atoms with Crippen molar-refractivity contribution in [3.63, 3.8) is 0 Å². The molecule has 1 aromatic carbocycles. The van der Waals surface area contributed by atoms with Crippen LogP contribution in [0.3, 0.4) is 0 Å². The van der Waals surface area contributed by atoms with E-state index >= 15 is 0 Å². The maximum absolute atomic E-state index is 10.4. The van der Waals surface area contributed by atoms with Crippen LogP contribution in [-0.4, -0.2) is 5.91 Å². The summed E-state index contributed by atoms with van der Waals surface area (Å²) < 4.78 is 0. The van der Waals surface area contributed by atoms with Gasteiger partial charge < -0.3 is 5.73 Å². The molecule has 0 bridgehead atoms. The van der Waals surface area contributed by atoms with E-state index in [4.69, 9.17) is 5.73 Å². The summed E-state index contributed by atoms with van der Waals surface area (Å²) in [7, 11) is 0. The Morgan fingerprint density at radius 1 is 1.21 bits per heavy atom. The van der Waals surface area contributed by atoms with E-state index in [0.29, 0.717) is 6.42 Å². The van der Waals surface area contributed by atoms with E-state index in [1.807, 2.05) is 48.6 Å². The van der Waals surface area contributed by atoms with Crippen molar-refractivity contribution >= 4 is 12.0 Å². The molecule has 0 heterocycles. The molecule has 0 saturated heterocycles. The second kappa shape index (κ2) is 5.75. The summed E-state index contributed by atoms with van der Waals surface area (Å²) in [5.74, 6) is -0.311. The second-order valence-corrected chi connectivity index (χ2v) is 2.87. The number of carbonyl (C=O) groups is 1. The van der Waals surface area contributed by atoms with Crippen LogP contribution >= 0.6 is 0 Å². The van der Waals surface area contributed by atoms with E-state index in [1.165, 1.54) is 0 Å². The molecule has 0 fully saturated rings. The normalized spacial score (nSPS) is 11.1. The molecule has 2 N–H and O–H groups in total. The lowest BCUT2D eigenvalue weighted by atomic mass is 10.2. The molecule has 0 spiro atoms. The fourth-order valence-electron chi connectivity index (χ4n) is 0.994. The summed E-state index contributed by atoms with van der Waals surface area (Å²) in [5, 5.41) is 0. The topological polar surface area (TPSA) is 43.1 Å². The van der Waals surface area contributed by atoms with Crippen LogP contribution in [0.15, 0.2) is 48.6 Å². The number of hydrogen-bond donors (Lipinski definition) is 1. The van der Waals surface area contributed by atoms with Crippen molar-refractivity contribution in [2.75, 3.05) is 0 Å². The Labute approximate surface area is 83.7 Å². The van der Waals surface area contributed by atoms with Gasteiger partial charge in [-0.2, -0.15) is 0 Å². The third kappa shape index (κ3) is 4.26. The highest BCUT2D eigenvalue weighted by molar-refractivity contribution is 5.75. The average Bonchev–Trinajstić information content (AvgIpc) is 2.18. The number of amides is 1. The summed E-state index contributed by atoms with van der Waals surface area (Å²) in [6.07, 6.45) is 7.70. The van der Waals surface area contributed by atoms with Crippen molar-refractivity contribution in [1.29, 1.82) is 0 Å². The zero-order chi connectivity index (χ0) is 10.2. The summed E-state index contributed by atoms with van der Waals surface area (Å²) in [6.45, 7) is 0. The van der Waals surface area contributed by atoms with E-state index in [2.05, 4.69) is 0 Å². The van der Waals surface area contributed by atoms with Gasteiger partial charge in [0.25, 0.3) is 0 Å². The van der Waals surface area contributed by atoms with Crippen LogP contribution < -0.4 is 5.73 Å². The lowest BCUT2D eigenvalue weighted by Gasteiger charge is -1.88. The minimum Gasteiger partial charge on any atom is -0.369 e. The Morgan fingerprint density at radius 2 is 1.93 bits per heavy atom. The van der Waals surface area contributed by atoms with E-state index in [0.717, 1.165) is 5.56 Å².